The van der Waals surface area contributed by atoms with Crippen molar-refractivity contribution in [2.45, 2.75) is 19.3 Å². The lowest BCUT2D eigenvalue weighted by Crippen LogP contribution is -2.17. The van der Waals surface area contributed by atoms with Crippen molar-refractivity contribution in [2.75, 3.05) is 5.32 Å². The molecule has 0 bridgehead atoms. The molecule has 0 saturated heterocycles. The molecular formula is C17H15ClN2O. The fraction of sp³-hybridized carbons (Fsp3) is 0.294. The normalized spacial score (nSPS) is 25.1. The Kier molecular flexibility index (Phi) is 2.79. The quantitative estimate of drug-likeness (QED) is 0.861. The number of nitrogens with one attached hydrogen (secondary N) is 1. The van der Waals surface area contributed by atoms with Crippen LogP contribution < -0.4 is 5.32 Å². The van der Waals surface area contributed by atoms with Crippen LogP contribution >= 0.6 is 11.6 Å². The number of amides is 1. The van der Waals surface area contributed by atoms with Crippen molar-refractivity contribution in [3.8, 4) is 0 Å². The molecule has 1 aromatic carbocycles. The first-order valence-electron chi connectivity index (χ1n) is 7.16. The molecule has 2 aliphatic rings. The van der Waals surface area contributed by atoms with E-state index in [2.05, 4.69) is 34.6 Å². The number of benzene rings is 1. The van der Waals surface area contributed by atoms with Gasteiger partial charge >= 0.3 is 0 Å². The first-order valence-corrected chi connectivity index (χ1v) is 7.54. The van der Waals surface area contributed by atoms with E-state index < -0.39 is 0 Å². The summed E-state index contributed by atoms with van der Waals surface area (Å²) >= 11 is 5.90. The molecule has 4 heteroatoms. The largest absolute Gasteiger partial charge is 0.324 e. The number of aryl methyl sites for hydroxylation is 1. The number of nitrogens with zero attached hydrogens (tertiary/aromatic N) is 1. The van der Waals surface area contributed by atoms with Crippen molar-refractivity contribution >= 4 is 23.2 Å². The lowest BCUT2D eigenvalue weighted by molar-refractivity contribution is -0.117. The average molecular weight is 299 g/mol. The lowest BCUT2D eigenvalue weighted by Gasteiger charge is -2.09. The average Bonchev–Trinajstić information content (AvgIpc) is 3.06. The molecule has 1 amide bonds. The van der Waals surface area contributed by atoms with Crippen LogP contribution in [0.5, 0.6) is 0 Å². The summed E-state index contributed by atoms with van der Waals surface area (Å²) in [6.07, 6.45) is 2.64. The van der Waals surface area contributed by atoms with Gasteiger partial charge in [0.25, 0.3) is 0 Å². The van der Waals surface area contributed by atoms with Crippen LogP contribution in [0.25, 0.3) is 0 Å². The van der Waals surface area contributed by atoms with Crippen LogP contribution in [0, 0.1) is 18.8 Å². The zero-order valence-corrected chi connectivity index (χ0v) is 12.4. The standard InChI is InChI=1S/C17H15ClN2O/c1-9-6-11(8-19-16(9)18)20-17(21)15-13-7-10-4-2-3-5-12(10)14(13)15/h2-6,8,13-15H,7H2,1H3,(H,20,21). The summed E-state index contributed by atoms with van der Waals surface area (Å²) in [6, 6.07) is 10.3. The van der Waals surface area contributed by atoms with Gasteiger partial charge in [-0.25, -0.2) is 4.98 Å². The van der Waals surface area contributed by atoms with E-state index in [9.17, 15) is 4.79 Å². The minimum Gasteiger partial charge on any atom is -0.324 e. The third kappa shape index (κ3) is 2.04. The fourth-order valence-electron chi connectivity index (χ4n) is 3.56. The van der Waals surface area contributed by atoms with Crippen molar-refractivity contribution < 1.29 is 4.79 Å². The Morgan fingerprint density at radius 3 is 3.00 bits per heavy atom. The number of fused-ring (bicyclic) bond motifs is 3. The van der Waals surface area contributed by atoms with Gasteiger partial charge in [0.1, 0.15) is 5.15 Å². The maximum absolute atomic E-state index is 12.4. The molecule has 1 heterocycles. The number of halogens is 1. The van der Waals surface area contributed by atoms with Gasteiger partial charge in [0, 0.05) is 5.92 Å². The van der Waals surface area contributed by atoms with Crippen LogP contribution in [0.1, 0.15) is 22.6 Å². The second-order valence-electron chi connectivity index (χ2n) is 5.94. The summed E-state index contributed by atoms with van der Waals surface area (Å²) in [5, 5.41) is 3.45. The minimum absolute atomic E-state index is 0.100. The molecule has 3 unspecified atom stereocenters. The lowest BCUT2D eigenvalue weighted by atomic mass is 10.0. The van der Waals surface area contributed by atoms with E-state index in [1.54, 1.807) is 6.20 Å². The van der Waals surface area contributed by atoms with E-state index in [0.29, 0.717) is 17.0 Å². The Morgan fingerprint density at radius 1 is 1.38 bits per heavy atom. The first-order chi connectivity index (χ1) is 10.1. The molecule has 106 valence electrons. The molecule has 2 aromatic rings. The van der Waals surface area contributed by atoms with Crippen LogP contribution in [0.3, 0.4) is 0 Å². The Bertz CT molecular complexity index is 743. The monoisotopic (exact) mass is 298 g/mol. The summed E-state index contributed by atoms with van der Waals surface area (Å²) < 4.78 is 0. The highest BCUT2D eigenvalue weighted by atomic mass is 35.5. The van der Waals surface area contributed by atoms with Crippen molar-refractivity contribution in [1.29, 1.82) is 0 Å². The molecular weight excluding hydrogens is 284 g/mol. The molecule has 1 aromatic heterocycles. The maximum Gasteiger partial charge on any atom is 0.228 e. The number of hydrogen-bond acceptors (Lipinski definition) is 2. The number of pyridine rings is 1. The number of aromatic nitrogens is 1. The van der Waals surface area contributed by atoms with Crippen molar-refractivity contribution in [3.63, 3.8) is 0 Å². The third-order valence-electron chi connectivity index (χ3n) is 4.62. The molecule has 3 nitrogen and oxygen atoms in total. The maximum atomic E-state index is 12.4. The van der Waals surface area contributed by atoms with Gasteiger partial charge in [0.05, 0.1) is 11.9 Å². The summed E-state index contributed by atoms with van der Waals surface area (Å²) in [6.45, 7) is 1.88. The highest BCUT2D eigenvalue weighted by Gasteiger charge is 2.59. The van der Waals surface area contributed by atoms with E-state index in [4.69, 9.17) is 11.6 Å². The van der Waals surface area contributed by atoms with Crippen molar-refractivity contribution in [2.24, 2.45) is 11.8 Å². The molecule has 4 rings (SSSR count). The first kappa shape index (κ1) is 12.8. The molecule has 2 aliphatic carbocycles. The summed E-state index contributed by atoms with van der Waals surface area (Å²) in [5.41, 5.74) is 4.35. The second kappa shape index (κ2) is 4.57. The Balaban J connectivity index is 1.50. The number of carbonyl (C=O) groups excluding carboxylic acids is 1. The van der Waals surface area contributed by atoms with Gasteiger partial charge in [-0.15, -0.1) is 0 Å². The van der Waals surface area contributed by atoms with Gasteiger partial charge in [0.2, 0.25) is 5.91 Å². The van der Waals surface area contributed by atoms with Crippen molar-refractivity contribution in [3.05, 3.63) is 58.4 Å². The molecule has 1 saturated carbocycles. The number of rotatable bonds is 2. The van der Waals surface area contributed by atoms with Gasteiger partial charge in [0.15, 0.2) is 0 Å². The SMILES string of the molecule is Cc1cc(NC(=O)C2C3Cc4ccccc4C32)cnc1Cl. The summed E-state index contributed by atoms with van der Waals surface area (Å²) in [7, 11) is 0. The highest BCUT2D eigenvalue weighted by Crippen LogP contribution is 2.61. The van der Waals surface area contributed by atoms with Crippen LogP contribution in [-0.4, -0.2) is 10.9 Å². The molecule has 0 aliphatic heterocycles. The van der Waals surface area contributed by atoms with Crippen LogP contribution in [0.15, 0.2) is 36.5 Å². The van der Waals surface area contributed by atoms with E-state index in [1.165, 1.54) is 11.1 Å². The predicted molar refractivity (Wildman–Crippen MR) is 82.5 cm³/mol. The zero-order chi connectivity index (χ0) is 14.6. The Morgan fingerprint density at radius 2 is 2.19 bits per heavy atom. The Labute approximate surface area is 128 Å². The highest BCUT2D eigenvalue weighted by molar-refractivity contribution is 6.30. The van der Waals surface area contributed by atoms with E-state index in [-0.39, 0.29) is 11.8 Å². The van der Waals surface area contributed by atoms with Gasteiger partial charge in [-0.05, 0) is 47.9 Å². The van der Waals surface area contributed by atoms with Crippen LogP contribution in [0.4, 0.5) is 5.69 Å². The number of hydrogen-bond donors (Lipinski definition) is 1. The van der Waals surface area contributed by atoms with Gasteiger partial charge in [-0.2, -0.15) is 0 Å². The molecule has 3 atom stereocenters. The second-order valence-corrected chi connectivity index (χ2v) is 6.30. The molecule has 0 spiro atoms. The number of carbonyl (C=O) groups is 1. The topological polar surface area (TPSA) is 42.0 Å². The summed E-state index contributed by atoms with van der Waals surface area (Å²) in [5.74, 6) is 1.09. The molecule has 21 heavy (non-hydrogen) atoms. The predicted octanol–water partition coefficient (Wildman–Crippen LogP) is 3.57. The fourth-order valence-corrected chi connectivity index (χ4v) is 3.66. The molecule has 1 fully saturated rings. The van der Waals surface area contributed by atoms with Crippen LogP contribution in [-0.2, 0) is 11.2 Å². The van der Waals surface area contributed by atoms with Gasteiger partial charge in [-0.1, -0.05) is 35.9 Å². The zero-order valence-electron chi connectivity index (χ0n) is 11.6. The smallest absolute Gasteiger partial charge is 0.228 e. The van der Waals surface area contributed by atoms with Gasteiger partial charge in [-0.3, -0.25) is 4.79 Å². The minimum atomic E-state index is 0.100. The third-order valence-corrected chi connectivity index (χ3v) is 5.02. The van der Waals surface area contributed by atoms with E-state index >= 15 is 0 Å². The van der Waals surface area contributed by atoms with E-state index in [0.717, 1.165) is 17.7 Å². The molecule has 0 radical (unpaired) electrons. The number of anilines is 1. The molecule has 1 N–H and O–H groups in total. The van der Waals surface area contributed by atoms with Crippen LogP contribution in [0.2, 0.25) is 5.15 Å². The Hall–Kier alpha value is -1.87. The van der Waals surface area contributed by atoms with Crippen molar-refractivity contribution in [1.82, 2.24) is 4.98 Å². The van der Waals surface area contributed by atoms with E-state index in [1.807, 2.05) is 13.0 Å². The summed E-state index contributed by atoms with van der Waals surface area (Å²) in [4.78, 5) is 16.5. The van der Waals surface area contributed by atoms with Gasteiger partial charge < -0.3 is 5.32 Å².